The molecule has 0 bridgehead atoms. The van der Waals surface area contributed by atoms with Gasteiger partial charge in [0, 0.05) is 0 Å². The fourth-order valence-corrected chi connectivity index (χ4v) is 1.02. The third kappa shape index (κ3) is 4.65. The van der Waals surface area contributed by atoms with E-state index in [1.165, 1.54) is 0 Å². The summed E-state index contributed by atoms with van der Waals surface area (Å²) in [5, 5.41) is 0. The van der Waals surface area contributed by atoms with Crippen molar-refractivity contribution in [1.29, 1.82) is 0 Å². The van der Waals surface area contributed by atoms with Crippen LogP contribution in [0.15, 0.2) is 0 Å². The Bertz CT molecular complexity index is 106. The molecule has 62 valence electrons. The molecule has 0 aliphatic rings. The van der Waals surface area contributed by atoms with Gasteiger partial charge in [-0.15, -0.1) is 0 Å². The maximum absolute atomic E-state index is 11.6. The van der Waals surface area contributed by atoms with Gasteiger partial charge in [-0.2, -0.15) is 0 Å². The van der Waals surface area contributed by atoms with E-state index in [0.29, 0.717) is 0 Å². The molecule has 0 radical (unpaired) electrons. The lowest BCUT2D eigenvalue weighted by Gasteiger charge is -2.11. The second-order valence-corrected chi connectivity index (χ2v) is 3.37. The van der Waals surface area contributed by atoms with Crippen molar-refractivity contribution in [3.8, 4) is 0 Å². The van der Waals surface area contributed by atoms with Gasteiger partial charge in [-0.1, -0.05) is 0 Å². The highest BCUT2D eigenvalue weighted by atomic mass is 28.5. The predicted molar refractivity (Wildman–Crippen MR) is 24.8 cm³/mol. The van der Waals surface area contributed by atoms with Gasteiger partial charge in [-0.25, -0.2) is 25.5 Å². The molecular formula is C3H4F6Si. The number of rotatable bonds is 3. The van der Waals surface area contributed by atoms with Crippen LogP contribution in [0.4, 0.5) is 25.5 Å². The Hall–Kier alpha value is -0.203. The molecule has 0 rings (SSSR count). The van der Waals surface area contributed by atoms with Gasteiger partial charge in [0.2, 0.25) is 0 Å². The maximum Gasteiger partial charge on any atom is 0.622 e. The molecule has 0 N–H and O–H groups in total. The zero-order valence-electron chi connectivity index (χ0n) is 4.68. The Kier molecular flexibility index (Phi) is 2.75. The molecule has 0 saturated heterocycles. The van der Waals surface area contributed by atoms with Crippen LogP contribution >= 0.6 is 0 Å². The largest absolute Gasteiger partial charge is 0.622 e. The first-order chi connectivity index (χ1) is 4.27. The summed E-state index contributed by atoms with van der Waals surface area (Å²) < 4.78 is 67.9. The smallest absolute Gasteiger partial charge is 0.244 e. The van der Waals surface area contributed by atoms with Crippen LogP contribution in [0.1, 0.15) is 0 Å². The first-order valence-electron chi connectivity index (χ1n) is 2.27. The van der Waals surface area contributed by atoms with Crippen LogP contribution in [0.2, 0.25) is 6.04 Å². The second kappa shape index (κ2) is 2.81. The summed E-state index contributed by atoms with van der Waals surface area (Å²) in [6.45, 7) is -2.24. The molecule has 0 aromatic carbocycles. The van der Waals surface area contributed by atoms with Gasteiger partial charge in [0.05, 0.1) is 6.04 Å². The summed E-state index contributed by atoms with van der Waals surface area (Å²) in [5.41, 5.74) is 0. The Balaban J connectivity index is 3.89. The SMILES string of the molecule is FCC(F)(F)C[Si](F)(F)F. The van der Waals surface area contributed by atoms with Gasteiger partial charge in [0.25, 0.3) is 5.92 Å². The summed E-state index contributed by atoms with van der Waals surface area (Å²) in [7, 11) is -6.30. The van der Waals surface area contributed by atoms with Crippen molar-refractivity contribution in [2.75, 3.05) is 6.67 Å². The molecule has 0 aliphatic carbocycles. The van der Waals surface area contributed by atoms with E-state index in [-0.39, 0.29) is 0 Å². The standard InChI is InChI=1S/C3H4F6Si/c4-1-3(5,6)2-10(7,8)9/h1-2H2. The van der Waals surface area contributed by atoms with E-state index in [1.54, 1.807) is 0 Å². The molecule has 0 nitrogen and oxygen atoms in total. The lowest BCUT2D eigenvalue weighted by Crippen LogP contribution is -2.30. The van der Waals surface area contributed by atoms with Gasteiger partial charge < -0.3 is 0 Å². The van der Waals surface area contributed by atoms with E-state index in [9.17, 15) is 25.5 Å². The lowest BCUT2D eigenvalue weighted by molar-refractivity contribution is -0.00954. The molecule has 0 aromatic heterocycles. The van der Waals surface area contributed by atoms with E-state index in [1.807, 2.05) is 0 Å². The van der Waals surface area contributed by atoms with E-state index in [0.717, 1.165) is 0 Å². The first kappa shape index (κ1) is 9.80. The molecule has 0 fully saturated rings. The zero-order valence-corrected chi connectivity index (χ0v) is 5.68. The number of halogens is 6. The van der Waals surface area contributed by atoms with Crippen molar-refractivity contribution in [2.45, 2.75) is 12.0 Å². The number of alkyl halides is 3. The van der Waals surface area contributed by atoms with Crippen molar-refractivity contribution in [3.05, 3.63) is 0 Å². The number of hydrogen-bond donors (Lipinski definition) is 0. The summed E-state index contributed by atoms with van der Waals surface area (Å²) in [5.74, 6) is -4.20. The molecular weight excluding hydrogens is 178 g/mol. The van der Waals surface area contributed by atoms with Crippen LogP contribution in [0.3, 0.4) is 0 Å². The third-order valence-electron chi connectivity index (χ3n) is 0.655. The molecule has 0 spiro atoms. The molecule has 0 aromatic rings. The molecule has 0 amide bonds. The van der Waals surface area contributed by atoms with E-state index in [2.05, 4.69) is 0 Å². The topological polar surface area (TPSA) is 0 Å². The monoisotopic (exact) mass is 182 g/mol. The Morgan fingerprint density at radius 1 is 1.10 bits per heavy atom. The highest BCUT2D eigenvalue weighted by molar-refractivity contribution is 6.58. The van der Waals surface area contributed by atoms with E-state index in [4.69, 9.17) is 0 Å². The van der Waals surface area contributed by atoms with Crippen molar-refractivity contribution in [2.24, 2.45) is 0 Å². The Morgan fingerprint density at radius 2 is 1.50 bits per heavy atom. The van der Waals surface area contributed by atoms with Crippen molar-refractivity contribution < 1.29 is 25.5 Å². The Morgan fingerprint density at radius 3 is 1.60 bits per heavy atom. The van der Waals surface area contributed by atoms with Crippen LogP contribution in [-0.4, -0.2) is 21.7 Å². The fourth-order valence-electron chi connectivity index (χ4n) is 0.341. The zero-order chi connectivity index (χ0) is 8.41. The molecule has 10 heavy (non-hydrogen) atoms. The summed E-state index contributed by atoms with van der Waals surface area (Å²) in [6.07, 6.45) is 0. The minimum atomic E-state index is -6.30. The summed E-state index contributed by atoms with van der Waals surface area (Å²) >= 11 is 0. The quantitative estimate of drug-likeness (QED) is 0.357. The van der Waals surface area contributed by atoms with Crippen LogP contribution in [-0.2, 0) is 0 Å². The van der Waals surface area contributed by atoms with Crippen LogP contribution in [0.5, 0.6) is 0 Å². The lowest BCUT2D eigenvalue weighted by atomic mass is 10.4. The third-order valence-corrected chi connectivity index (χ3v) is 1.57. The van der Waals surface area contributed by atoms with Crippen LogP contribution in [0.25, 0.3) is 0 Å². The van der Waals surface area contributed by atoms with E-state index >= 15 is 0 Å². The minimum Gasteiger partial charge on any atom is -0.244 e. The average Bonchev–Trinajstić information content (AvgIpc) is 1.60. The number of hydrogen-bond acceptors (Lipinski definition) is 0. The Labute approximate surface area is 54.4 Å². The van der Waals surface area contributed by atoms with Gasteiger partial charge in [0.1, 0.15) is 0 Å². The minimum absolute atomic E-state index is 2.24. The van der Waals surface area contributed by atoms with Crippen LogP contribution < -0.4 is 0 Å². The molecule has 0 atom stereocenters. The molecule has 0 saturated carbocycles. The first-order valence-corrected chi connectivity index (χ1v) is 4.11. The average molecular weight is 182 g/mol. The summed E-state index contributed by atoms with van der Waals surface area (Å²) in [6, 6.07) is -2.25. The van der Waals surface area contributed by atoms with Gasteiger partial charge in [-0.05, 0) is 0 Å². The van der Waals surface area contributed by atoms with Gasteiger partial charge in [0.15, 0.2) is 6.67 Å². The van der Waals surface area contributed by atoms with Gasteiger partial charge >= 0.3 is 9.08 Å². The van der Waals surface area contributed by atoms with Crippen molar-refractivity contribution in [1.82, 2.24) is 0 Å². The fraction of sp³-hybridized carbons (Fsp3) is 1.00. The molecule has 0 heterocycles. The summed E-state index contributed by atoms with van der Waals surface area (Å²) in [4.78, 5) is 0. The predicted octanol–water partition coefficient (Wildman–Crippen LogP) is 2.44. The highest BCUT2D eigenvalue weighted by Crippen LogP contribution is 2.29. The second-order valence-electron chi connectivity index (χ2n) is 1.78. The van der Waals surface area contributed by atoms with Gasteiger partial charge in [-0.3, -0.25) is 0 Å². The molecule has 0 unspecified atom stereocenters. The van der Waals surface area contributed by atoms with Crippen molar-refractivity contribution >= 4 is 9.08 Å². The van der Waals surface area contributed by atoms with Crippen LogP contribution in [0, 0.1) is 0 Å². The highest BCUT2D eigenvalue weighted by Gasteiger charge is 2.48. The molecule has 7 heteroatoms. The maximum atomic E-state index is 11.6. The van der Waals surface area contributed by atoms with Crippen molar-refractivity contribution in [3.63, 3.8) is 0 Å². The molecule has 0 aliphatic heterocycles. The normalized spacial score (nSPS) is 13.8. The van der Waals surface area contributed by atoms with E-state index < -0.39 is 27.7 Å².